The number of fused-ring (bicyclic) bond motifs is 4. The van der Waals surface area contributed by atoms with Crippen LogP contribution in [0.15, 0.2) is 60.9 Å². The number of nitrogens with one attached hydrogen (secondary N) is 2. The van der Waals surface area contributed by atoms with Crippen LogP contribution >= 0.6 is 0 Å². The van der Waals surface area contributed by atoms with Crippen molar-refractivity contribution in [3.63, 3.8) is 0 Å². The molecule has 1 saturated carbocycles. The first-order valence-electron chi connectivity index (χ1n) is 15.3. The number of rotatable bonds is 11. The third kappa shape index (κ3) is 6.04. The zero-order valence-electron chi connectivity index (χ0n) is 26.5. The molecule has 10 nitrogen and oxygen atoms in total. The van der Waals surface area contributed by atoms with E-state index in [1.54, 1.807) is 24.2 Å². The minimum atomic E-state index is -3.70. The van der Waals surface area contributed by atoms with Crippen LogP contribution < -0.4 is 19.7 Å². The fourth-order valence-corrected chi connectivity index (χ4v) is 7.03. The van der Waals surface area contributed by atoms with Gasteiger partial charge in [0, 0.05) is 54.0 Å². The Kier molecular flexibility index (Phi) is 8.47. The Balaban J connectivity index is 1.35. The second kappa shape index (κ2) is 12.2. The zero-order valence-corrected chi connectivity index (χ0v) is 27.3. The maximum Gasteiger partial charge on any atom is 0.238 e. The van der Waals surface area contributed by atoms with Crippen LogP contribution in [0.1, 0.15) is 50.8 Å². The number of ether oxygens (including phenoxy) is 2. The van der Waals surface area contributed by atoms with Gasteiger partial charge in [0.25, 0.3) is 0 Å². The first-order valence-corrected chi connectivity index (χ1v) is 17.2. The monoisotopic (exact) mass is 647 g/mol. The van der Waals surface area contributed by atoms with Crippen LogP contribution in [-0.4, -0.2) is 62.9 Å². The van der Waals surface area contributed by atoms with Crippen molar-refractivity contribution in [2.45, 2.75) is 57.3 Å². The first kappa shape index (κ1) is 31.8. The second-order valence-corrected chi connectivity index (χ2v) is 14.2. The molecule has 3 heterocycles. The van der Waals surface area contributed by atoms with E-state index in [0.29, 0.717) is 41.5 Å². The van der Waals surface area contributed by atoms with Gasteiger partial charge in [-0.1, -0.05) is 44.2 Å². The van der Waals surface area contributed by atoms with Gasteiger partial charge in [-0.2, -0.15) is 0 Å². The van der Waals surface area contributed by atoms with E-state index < -0.39 is 21.3 Å². The number of amides is 1. The van der Waals surface area contributed by atoms with E-state index >= 15 is 4.39 Å². The topological polar surface area (TPSA) is 123 Å². The van der Waals surface area contributed by atoms with Gasteiger partial charge in [-0.15, -0.1) is 0 Å². The molecule has 0 radical (unpaired) electrons. The molecule has 2 N–H and O–H groups in total. The lowest BCUT2D eigenvalue weighted by Gasteiger charge is -2.44. The van der Waals surface area contributed by atoms with Crippen LogP contribution in [0, 0.1) is 5.82 Å². The molecule has 1 unspecified atom stereocenters. The zero-order chi connectivity index (χ0) is 32.8. The summed E-state index contributed by atoms with van der Waals surface area (Å²) in [6.45, 7) is 6.80. The Morgan fingerprint density at radius 2 is 1.83 bits per heavy atom. The molecule has 4 aromatic rings. The summed E-state index contributed by atoms with van der Waals surface area (Å²) in [5.41, 5.74) is 2.79. The number of anilines is 2. The summed E-state index contributed by atoms with van der Waals surface area (Å²) >= 11 is 0. The van der Waals surface area contributed by atoms with Gasteiger partial charge in [-0.3, -0.25) is 14.5 Å². The third-order valence-electron chi connectivity index (χ3n) is 8.66. The summed E-state index contributed by atoms with van der Waals surface area (Å²) in [7, 11) is -1.96. The molecule has 2 aliphatic rings. The van der Waals surface area contributed by atoms with Crippen LogP contribution in [0.5, 0.6) is 5.88 Å². The van der Waals surface area contributed by atoms with Crippen molar-refractivity contribution in [3.8, 4) is 17.0 Å². The van der Waals surface area contributed by atoms with Crippen LogP contribution in [0.3, 0.4) is 0 Å². The highest BCUT2D eigenvalue weighted by atomic mass is 32.2. The molecule has 1 spiro atoms. The van der Waals surface area contributed by atoms with E-state index in [9.17, 15) is 13.2 Å². The van der Waals surface area contributed by atoms with Crippen molar-refractivity contribution >= 4 is 38.2 Å². The van der Waals surface area contributed by atoms with Crippen molar-refractivity contribution in [3.05, 3.63) is 77.9 Å². The number of likely N-dealkylation sites (N-methyl/N-ethyl adjacent to an activating group) is 1. The lowest BCUT2D eigenvalue weighted by Crippen LogP contribution is -2.52. The number of hydrogen-bond donors (Lipinski definition) is 2. The van der Waals surface area contributed by atoms with Gasteiger partial charge in [0.15, 0.2) is 0 Å². The predicted molar refractivity (Wildman–Crippen MR) is 176 cm³/mol. The summed E-state index contributed by atoms with van der Waals surface area (Å²) in [4.78, 5) is 24.2. The molecule has 1 aliphatic heterocycles. The maximum atomic E-state index is 15.7. The highest BCUT2D eigenvalue weighted by molar-refractivity contribution is 7.92. The van der Waals surface area contributed by atoms with E-state index in [-0.39, 0.29) is 47.9 Å². The van der Waals surface area contributed by atoms with E-state index in [4.69, 9.17) is 9.47 Å². The fourth-order valence-electron chi connectivity index (χ4n) is 6.49. The first-order chi connectivity index (χ1) is 21.9. The Bertz CT molecular complexity index is 1900. The predicted octanol–water partition coefficient (Wildman–Crippen LogP) is 5.34. The molecule has 2 aromatic carbocycles. The van der Waals surface area contributed by atoms with Crippen molar-refractivity contribution in [1.82, 2.24) is 15.3 Å². The van der Waals surface area contributed by atoms with Gasteiger partial charge >= 0.3 is 0 Å². The summed E-state index contributed by atoms with van der Waals surface area (Å²) < 4.78 is 54.7. The Morgan fingerprint density at radius 3 is 2.52 bits per heavy atom. The van der Waals surface area contributed by atoms with Crippen LogP contribution in [0.25, 0.3) is 22.0 Å². The lowest BCUT2D eigenvalue weighted by atomic mass is 9.62. The molecule has 12 heteroatoms. The third-order valence-corrected chi connectivity index (χ3v) is 9.25. The molecule has 46 heavy (non-hydrogen) atoms. The second-order valence-electron chi connectivity index (χ2n) is 12.4. The molecular weight excluding hydrogens is 609 g/mol. The van der Waals surface area contributed by atoms with Gasteiger partial charge in [0.2, 0.25) is 21.8 Å². The largest absolute Gasteiger partial charge is 0.475 e. The van der Waals surface area contributed by atoms with Gasteiger partial charge in [-0.05, 0) is 37.5 Å². The van der Waals surface area contributed by atoms with Gasteiger partial charge in [-0.25, -0.2) is 17.8 Å². The number of aromatic nitrogens is 2. The van der Waals surface area contributed by atoms with Crippen molar-refractivity contribution in [1.29, 1.82) is 0 Å². The summed E-state index contributed by atoms with van der Waals surface area (Å²) in [5, 5.41) is 3.88. The molecule has 1 aliphatic carbocycles. The molecule has 1 atom stereocenters. The number of hydrogen-bond acceptors (Lipinski definition) is 8. The SMILES string of the molecule is CC(C)NCCOc1ncc(-c2cc3c(cc2F)ncc2c3[C@]3(C[C@H](OC(C)c4ccccc4)C3)C(=O)N2C)cc1NS(C)(=O)=O. The lowest BCUT2D eigenvalue weighted by molar-refractivity contribution is -0.137. The molecule has 242 valence electrons. The van der Waals surface area contributed by atoms with Crippen LogP contribution in [0.2, 0.25) is 0 Å². The van der Waals surface area contributed by atoms with E-state index in [1.807, 2.05) is 51.1 Å². The van der Waals surface area contributed by atoms with Crippen molar-refractivity contribution in [2.24, 2.45) is 0 Å². The minimum Gasteiger partial charge on any atom is -0.475 e. The van der Waals surface area contributed by atoms with E-state index in [0.717, 1.165) is 17.4 Å². The highest BCUT2D eigenvalue weighted by Gasteiger charge is 2.59. The summed E-state index contributed by atoms with van der Waals surface area (Å²) in [5.74, 6) is -0.510. The fraction of sp³-hybridized carbons (Fsp3) is 0.382. The number of carbonyl (C=O) groups excluding carboxylic acids is 1. The van der Waals surface area contributed by atoms with Crippen molar-refractivity contribution in [2.75, 3.05) is 36.1 Å². The number of halogens is 1. The van der Waals surface area contributed by atoms with Crippen LogP contribution in [0.4, 0.5) is 15.8 Å². The molecule has 0 bridgehead atoms. The molecule has 0 saturated heterocycles. The van der Waals surface area contributed by atoms with E-state index in [2.05, 4.69) is 20.0 Å². The quantitative estimate of drug-likeness (QED) is 0.209. The standard InChI is InChI=1S/C34H38FN5O5S/c1-20(2)36-11-12-44-32-29(39-46(5,42)43)13-23(18-38-32)25-14-26-28(15-27(25)35)37-19-30-31(26)34(33(41)40(30)4)16-24(17-34)45-21(3)22-9-7-6-8-10-22/h6-10,13-15,18-21,24,36,39H,11-12,16-17H2,1-5H3/t21?,24-,34+. The number of pyridine rings is 2. The number of sulfonamides is 1. The number of nitrogens with zero attached hydrogens (tertiary/aromatic N) is 3. The Hall–Kier alpha value is -4.13. The number of benzene rings is 2. The molecule has 1 amide bonds. The normalized spacial score (nSPS) is 19.8. The smallest absolute Gasteiger partial charge is 0.238 e. The van der Waals surface area contributed by atoms with Crippen molar-refractivity contribution < 1.29 is 27.1 Å². The number of carbonyl (C=O) groups is 1. The minimum absolute atomic E-state index is 0.0374. The van der Waals surface area contributed by atoms with Crippen LogP contribution in [-0.2, 0) is 25.0 Å². The Labute approximate surface area is 268 Å². The molecule has 6 rings (SSSR count). The highest BCUT2D eigenvalue weighted by Crippen LogP contribution is 2.56. The summed E-state index contributed by atoms with van der Waals surface area (Å²) in [6.07, 6.45) is 4.83. The van der Waals surface area contributed by atoms with E-state index in [1.165, 1.54) is 18.3 Å². The Morgan fingerprint density at radius 1 is 1.09 bits per heavy atom. The average molecular weight is 648 g/mol. The average Bonchev–Trinajstić information content (AvgIpc) is 3.21. The van der Waals surface area contributed by atoms with Gasteiger partial charge in [0.1, 0.15) is 18.1 Å². The van der Waals surface area contributed by atoms with Gasteiger partial charge in [0.05, 0.1) is 41.3 Å². The molecule has 2 aromatic heterocycles. The molecular formula is C34H38FN5O5S. The summed E-state index contributed by atoms with van der Waals surface area (Å²) in [6, 6.07) is 14.7. The maximum absolute atomic E-state index is 15.7. The molecule has 1 fully saturated rings. The van der Waals surface area contributed by atoms with Gasteiger partial charge < -0.3 is 19.7 Å².